The first-order valence-corrected chi connectivity index (χ1v) is 6.85. The number of hydrogen-bond donors (Lipinski definition) is 6. The van der Waals surface area contributed by atoms with Crippen LogP contribution in [0.3, 0.4) is 0 Å². The Morgan fingerprint density at radius 3 is 1.69 bits per heavy atom. The third-order valence-corrected chi connectivity index (χ3v) is 3.64. The van der Waals surface area contributed by atoms with Crippen molar-refractivity contribution >= 4 is 35.3 Å². The molecule has 0 bridgehead atoms. The Labute approximate surface area is 144 Å². The highest BCUT2D eigenvalue weighted by Crippen LogP contribution is 2.37. The first-order valence-electron chi connectivity index (χ1n) is 6.85. The van der Waals surface area contributed by atoms with Crippen molar-refractivity contribution in [2.45, 2.75) is 0 Å². The number of benzene rings is 2. The van der Waals surface area contributed by atoms with E-state index >= 15 is 0 Å². The molecule has 134 valence electrons. The van der Waals surface area contributed by atoms with Crippen LogP contribution in [0.1, 0.15) is 41.4 Å². The van der Waals surface area contributed by atoms with Gasteiger partial charge in [0.05, 0.1) is 33.6 Å². The summed E-state index contributed by atoms with van der Waals surface area (Å²) in [6.45, 7) is 0. The SMILES string of the molecule is Nc1c(C(=O)O)cc(-c2cc(C(=O)O)ccc2C(=O)O)c(C(=O)O)c1N. The van der Waals surface area contributed by atoms with E-state index < -0.39 is 51.9 Å². The minimum Gasteiger partial charge on any atom is -0.478 e. The quantitative estimate of drug-likeness (QED) is 0.422. The predicted octanol–water partition coefficient (Wildman–Crippen LogP) is 1.31. The average molecular weight is 360 g/mol. The summed E-state index contributed by atoms with van der Waals surface area (Å²) in [5, 5.41) is 37.1. The molecule has 10 heteroatoms. The zero-order valence-electron chi connectivity index (χ0n) is 12.9. The number of nitrogen functional groups attached to an aromatic ring is 2. The Morgan fingerprint density at radius 2 is 1.23 bits per heavy atom. The summed E-state index contributed by atoms with van der Waals surface area (Å²) in [7, 11) is 0. The van der Waals surface area contributed by atoms with Crippen LogP contribution in [-0.2, 0) is 0 Å². The van der Waals surface area contributed by atoms with Gasteiger partial charge in [0.2, 0.25) is 0 Å². The maximum atomic E-state index is 11.6. The molecule has 0 spiro atoms. The lowest BCUT2D eigenvalue weighted by Gasteiger charge is -2.16. The smallest absolute Gasteiger partial charge is 0.338 e. The van der Waals surface area contributed by atoms with Crippen molar-refractivity contribution < 1.29 is 39.6 Å². The van der Waals surface area contributed by atoms with Crippen LogP contribution in [0.4, 0.5) is 11.4 Å². The van der Waals surface area contributed by atoms with Crippen molar-refractivity contribution in [2.24, 2.45) is 0 Å². The molecule has 0 unspecified atom stereocenters. The number of carboxylic acids is 4. The van der Waals surface area contributed by atoms with Crippen molar-refractivity contribution in [3.63, 3.8) is 0 Å². The highest BCUT2D eigenvalue weighted by Gasteiger charge is 2.26. The lowest BCUT2D eigenvalue weighted by Crippen LogP contribution is -2.14. The zero-order chi connectivity index (χ0) is 19.8. The minimum atomic E-state index is -1.58. The van der Waals surface area contributed by atoms with Crippen molar-refractivity contribution in [1.82, 2.24) is 0 Å². The van der Waals surface area contributed by atoms with Gasteiger partial charge in [-0.3, -0.25) is 0 Å². The van der Waals surface area contributed by atoms with E-state index in [2.05, 4.69) is 0 Å². The Bertz CT molecular complexity index is 981. The second-order valence-electron chi connectivity index (χ2n) is 5.16. The summed E-state index contributed by atoms with van der Waals surface area (Å²) < 4.78 is 0. The van der Waals surface area contributed by atoms with Gasteiger partial charge < -0.3 is 31.9 Å². The molecule has 2 rings (SSSR count). The second-order valence-corrected chi connectivity index (χ2v) is 5.16. The fraction of sp³-hybridized carbons (Fsp3) is 0. The van der Waals surface area contributed by atoms with Gasteiger partial charge in [-0.05, 0) is 29.8 Å². The third kappa shape index (κ3) is 2.98. The first kappa shape index (κ1) is 18.3. The van der Waals surface area contributed by atoms with E-state index in [4.69, 9.17) is 16.6 Å². The van der Waals surface area contributed by atoms with Gasteiger partial charge in [0.15, 0.2) is 0 Å². The molecule has 0 aliphatic rings. The van der Waals surface area contributed by atoms with Crippen molar-refractivity contribution in [1.29, 1.82) is 0 Å². The molecule has 0 amide bonds. The largest absolute Gasteiger partial charge is 0.478 e. The van der Waals surface area contributed by atoms with E-state index in [-0.39, 0.29) is 16.7 Å². The van der Waals surface area contributed by atoms with Crippen molar-refractivity contribution in [3.8, 4) is 11.1 Å². The third-order valence-electron chi connectivity index (χ3n) is 3.64. The first-order chi connectivity index (χ1) is 12.1. The van der Waals surface area contributed by atoms with Crippen LogP contribution >= 0.6 is 0 Å². The molecule has 0 radical (unpaired) electrons. The molecule has 0 aromatic heterocycles. The van der Waals surface area contributed by atoms with Gasteiger partial charge in [-0.1, -0.05) is 0 Å². The normalized spacial score (nSPS) is 10.3. The molecule has 0 heterocycles. The van der Waals surface area contributed by atoms with E-state index in [9.17, 15) is 34.5 Å². The number of carbonyl (C=O) groups is 4. The Morgan fingerprint density at radius 1 is 0.654 bits per heavy atom. The number of carboxylic acid groups (broad SMARTS) is 4. The van der Waals surface area contributed by atoms with E-state index in [1.807, 2.05) is 0 Å². The number of rotatable bonds is 5. The minimum absolute atomic E-state index is 0.316. The summed E-state index contributed by atoms with van der Waals surface area (Å²) in [6.07, 6.45) is 0. The molecule has 0 saturated carbocycles. The van der Waals surface area contributed by atoms with Gasteiger partial charge in [0.1, 0.15) is 0 Å². The van der Waals surface area contributed by atoms with Gasteiger partial charge >= 0.3 is 23.9 Å². The predicted molar refractivity (Wildman–Crippen MR) is 88.5 cm³/mol. The summed E-state index contributed by atoms with van der Waals surface area (Å²) >= 11 is 0. The van der Waals surface area contributed by atoms with Crippen LogP contribution in [0, 0.1) is 0 Å². The topological polar surface area (TPSA) is 201 Å². The number of hydrogen-bond acceptors (Lipinski definition) is 6. The van der Waals surface area contributed by atoms with E-state index in [0.29, 0.717) is 0 Å². The Hall–Kier alpha value is -4.08. The molecule has 26 heavy (non-hydrogen) atoms. The molecular weight excluding hydrogens is 348 g/mol. The molecular formula is C16H12N2O8. The number of anilines is 2. The van der Waals surface area contributed by atoms with E-state index in [1.165, 1.54) is 0 Å². The molecule has 0 fully saturated rings. The molecule has 2 aromatic rings. The van der Waals surface area contributed by atoms with E-state index in [0.717, 1.165) is 24.3 Å². The van der Waals surface area contributed by atoms with Crippen molar-refractivity contribution in [3.05, 3.63) is 46.5 Å². The highest BCUT2D eigenvalue weighted by atomic mass is 16.4. The van der Waals surface area contributed by atoms with Gasteiger partial charge in [-0.25, -0.2) is 19.2 Å². The molecule has 0 atom stereocenters. The lowest BCUT2D eigenvalue weighted by molar-refractivity contribution is 0.0680. The molecule has 0 aliphatic heterocycles. The van der Waals surface area contributed by atoms with E-state index in [1.54, 1.807) is 0 Å². The molecule has 10 nitrogen and oxygen atoms in total. The van der Waals surface area contributed by atoms with Crippen LogP contribution < -0.4 is 11.5 Å². The summed E-state index contributed by atoms with van der Waals surface area (Å²) in [6, 6.07) is 3.77. The highest BCUT2D eigenvalue weighted by molar-refractivity contribution is 6.11. The van der Waals surface area contributed by atoms with Crippen molar-refractivity contribution in [2.75, 3.05) is 11.5 Å². The van der Waals surface area contributed by atoms with Crippen LogP contribution in [0.15, 0.2) is 24.3 Å². The zero-order valence-corrected chi connectivity index (χ0v) is 12.9. The monoisotopic (exact) mass is 360 g/mol. The Kier molecular flexibility index (Phi) is 4.52. The fourth-order valence-electron chi connectivity index (χ4n) is 2.43. The van der Waals surface area contributed by atoms with Gasteiger partial charge in [0, 0.05) is 5.56 Å². The summed E-state index contributed by atoms with van der Waals surface area (Å²) in [4.78, 5) is 45.6. The summed E-state index contributed by atoms with van der Waals surface area (Å²) in [5.74, 6) is -5.96. The summed E-state index contributed by atoms with van der Waals surface area (Å²) in [5.41, 5.74) is 7.54. The molecule has 2 aromatic carbocycles. The molecule has 0 saturated heterocycles. The van der Waals surface area contributed by atoms with Crippen LogP contribution in [0.2, 0.25) is 0 Å². The van der Waals surface area contributed by atoms with Gasteiger partial charge in [-0.2, -0.15) is 0 Å². The second kappa shape index (κ2) is 6.43. The fourth-order valence-corrected chi connectivity index (χ4v) is 2.43. The average Bonchev–Trinajstić information content (AvgIpc) is 2.55. The van der Waals surface area contributed by atoms with Crippen LogP contribution in [0.5, 0.6) is 0 Å². The Balaban J connectivity index is 3.01. The van der Waals surface area contributed by atoms with Crippen LogP contribution in [-0.4, -0.2) is 44.3 Å². The maximum Gasteiger partial charge on any atom is 0.338 e. The molecule has 8 N–H and O–H groups in total. The maximum absolute atomic E-state index is 11.6. The standard InChI is InChI=1S/C16H12N2O8/c17-11-9(15(23)24)4-8(10(12(11)18)16(25)26)7-3-5(13(19)20)1-2-6(7)14(21)22/h1-4H,17-18H2,(H,19,20)(H,21,22)(H,23,24)(H,25,26). The van der Waals surface area contributed by atoms with Gasteiger partial charge in [0.25, 0.3) is 0 Å². The van der Waals surface area contributed by atoms with Crippen LogP contribution in [0.25, 0.3) is 11.1 Å². The molecule has 0 aliphatic carbocycles. The number of aromatic carboxylic acids is 4. The number of nitrogens with two attached hydrogens (primary N) is 2. The van der Waals surface area contributed by atoms with Gasteiger partial charge in [-0.15, -0.1) is 0 Å². The lowest BCUT2D eigenvalue weighted by atomic mass is 9.90.